The van der Waals surface area contributed by atoms with Gasteiger partial charge in [0.05, 0.1) is 0 Å². The maximum Gasteiger partial charge on any atom is 0.224 e. The van der Waals surface area contributed by atoms with Crippen molar-refractivity contribution < 1.29 is 4.79 Å². The van der Waals surface area contributed by atoms with Crippen molar-refractivity contribution in [2.75, 3.05) is 19.6 Å². The third-order valence-electron chi connectivity index (χ3n) is 3.15. The lowest BCUT2D eigenvalue weighted by atomic mass is 10.1. The van der Waals surface area contributed by atoms with Crippen molar-refractivity contribution >= 4 is 5.91 Å². The molecule has 2 heterocycles. The summed E-state index contributed by atoms with van der Waals surface area (Å²) < 4.78 is 0. The van der Waals surface area contributed by atoms with Crippen LogP contribution in [0.5, 0.6) is 0 Å². The maximum atomic E-state index is 11.6. The van der Waals surface area contributed by atoms with Gasteiger partial charge >= 0.3 is 0 Å². The molecule has 2 atom stereocenters. The van der Waals surface area contributed by atoms with Gasteiger partial charge in [-0.1, -0.05) is 6.42 Å². The summed E-state index contributed by atoms with van der Waals surface area (Å²) in [5.74, 6) is 0.242. The van der Waals surface area contributed by atoms with E-state index in [9.17, 15) is 4.79 Å². The highest BCUT2D eigenvalue weighted by Crippen LogP contribution is 2.18. The Morgan fingerprint density at radius 2 is 2.29 bits per heavy atom. The molecule has 2 saturated heterocycles. The van der Waals surface area contributed by atoms with Crippen LogP contribution >= 0.6 is 0 Å². The zero-order chi connectivity index (χ0) is 9.97. The van der Waals surface area contributed by atoms with Gasteiger partial charge in [0, 0.05) is 31.6 Å². The Morgan fingerprint density at radius 1 is 1.43 bits per heavy atom. The van der Waals surface area contributed by atoms with Gasteiger partial charge in [0.15, 0.2) is 0 Å². The topological polar surface area (TPSA) is 58.4 Å². The van der Waals surface area contributed by atoms with Gasteiger partial charge < -0.3 is 16.0 Å². The van der Waals surface area contributed by atoms with Crippen LogP contribution in [-0.2, 0) is 4.79 Å². The van der Waals surface area contributed by atoms with Crippen molar-refractivity contribution in [1.82, 2.24) is 10.2 Å². The predicted octanol–water partition coefficient (Wildman–Crippen LogP) is -0.312. The number of nitrogens with one attached hydrogen (secondary N) is 1. The Balaban J connectivity index is 1.95. The van der Waals surface area contributed by atoms with Gasteiger partial charge in [-0.05, 0) is 19.4 Å². The second kappa shape index (κ2) is 4.28. The highest BCUT2D eigenvalue weighted by atomic mass is 16.2. The molecule has 0 bridgehead atoms. The highest BCUT2D eigenvalue weighted by molar-refractivity contribution is 5.79. The van der Waals surface area contributed by atoms with E-state index in [0.717, 1.165) is 26.1 Å². The molecule has 80 valence electrons. The van der Waals surface area contributed by atoms with Crippen LogP contribution in [-0.4, -0.2) is 42.5 Å². The SMILES string of the molecule is NC1CC(=O)N(C2CCCCNC2)C1. The molecule has 2 aliphatic heterocycles. The van der Waals surface area contributed by atoms with Crippen LogP contribution in [0.15, 0.2) is 0 Å². The van der Waals surface area contributed by atoms with Gasteiger partial charge in [-0.2, -0.15) is 0 Å². The average Bonchev–Trinajstić information content (AvgIpc) is 2.43. The Labute approximate surface area is 84.8 Å². The molecule has 14 heavy (non-hydrogen) atoms. The zero-order valence-corrected chi connectivity index (χ0v) is 8.54. The fourth-order valence-electron chi connectivity index (χ4n) is 2.38. The van der Waals surface area contributed by atoms with Crippen LogP contribution in [0.4, 0.5) is 0 Å². The van der Waals surface area contributed by atoms with E-state index in [1.54, 1.807) is 0 Å². The molecule has 2 unspecified atom stereocenters. The molecule has 3 N–H and O–H groups in total. The van der Waals surface area contributed by atoms with E-state index in [4.69, 9.17) is 5.73 Å². The van der Waals surface area contributed by atoms with Gasteiger partial charge in [0.25, 0.3) is 0 Å². The van der Waals surface area contributed by atoms with E-state index in [0.29, 0.717) is 12.5 Å². The minimum atomic E-state index is 0.0609. The van der Waals surface area contributed by atoms with E-state index >= 15 is 0 Å². The van der Waals surface area contributed by atoms with Gasteiger partial charge in [-0.25, -0.2) is 0 Å². The van der Waals surface area contributed by atoms with Crippen LogP contribution in [0.3, 0.4) is 0 Å². The van der Waals surface area contributed by atoms with Crippen LogP contribution in [0.2, 0.25) is 0 Å². The van der Waals surface area contributed by atoms with Crippen molar-refractivity contribution in [2.45, 2.75) is 37.8 Å². The maximum absolute atomic E-state index is 11.6. The summed E-state index contributed by atoms with van der Waals surface area (Å²) in [6.07, 6.45) is 4.11. The Hall–Kier alpha value is -0.610. The quantitative estimate of drug-likeness (QED) is 0.606. The molecule has 0 radical (unpaired) electrons. The van der Waals surface area contributed by atoms with Crippen LogP contribution < -0.4 is 11.1 Å². The number of nitrogens with two attached hydrogens (primary N) is 1. The number of carbonyl (C=O) groups is 1. The van der Waals surface area contributed by atoms with Crippen molar-refractivity contribution in [1.29, 1.82) is 0 Å². The minimum Gasteiger partial charge on any atom is -0.337 e. The number of nitrogens with zero attached hydrogens (tertiary/aromatic N) is 1. The first kappa shape index (κ1) is 9.93. The van der Waals surface area contributed by atoms with Crippen molar-refractivity contribution in [3.8, 4) is 0 Å². The molecular formula is C10H19N3O. The second-order valence-corrected chi connectivity index (χ2v) is 4.36. The van der Waals surface area contributed by atoms with Crippen molar-refractivity contribution in [3.05, 3.63) is 0 Å². The normalized spacial score (nSPS) is 34.6. The smallest absolute Gasteiger partial charge is 0.224 e. The monoisotopic (exact) mass is 197 g/mol. The molecule has 1 amide bonds. The summed E-state index contributed by atoms with van der Waals surface area (Å²) in [4.78, 5) is 13.6. The molecule has 2 aliphatic rings. The summed E-state index contributed by atoms with van der Waals surface area (Å²) in [6, 6.07) is 0.448. The van der Waals surface area contributed by atoms with Gasteiger partial charge in [-0.15, -0.1) is 0 Å². The van der Waals surface area contributed by atoms with Crippen molar-refractivity contribution in [2.24, 2.45) is 5.73 Å². The molecule has 0 aromatic heterocycles. The Bertz CT molecular complexity index is 211. The standard InChI is InChI=1S/C10H19N3O/c11-8-5-10(14)13(7-8)9-3-1-2-4-12-6-9/h8-9,12H,1-7,11H2. The molecule has 0 spiro atoms. The summed E-state index contributed by atoms with van der Waals surface area (Å²) in [6.45, 7) is 2.79. The predicted molar refractivity (Wildman–Crippen MR) is 54.8 cm³/mol. The first-order valence-electron chi connectivity index (χ1n) is 5.53. The van der Waals surface area contributed by atoms with Gasteiger partial charge in [-0.3, -0.25) is 4.79 Å². The number of rotatable bonds is 1. The average molecular weight is 197 g/mol. The first-order valence-corrected chi connectivity index (χ1v) is 5.53. The lowest BCUT2D eigenvalue weighted by Crippen LogP contribution is -2.43. The minimum absolute atomic E-state index is 0.0609. The molecule has 0 aromatic rings. The van der Waals surface area contributed by atoms with E-state index in [1.807, 2.05) is 4.90 Å². The molecule has 0 aliphatic carbocycles. The third-order valence-corrected chi connectivity index (χ3v) is 3.15. The van der Waals surface area contributed by atoms with Crippen LogP contribution in [0.1, 0.15) is 25.7 Å². The second-order valence-electron chi connectivity index (χ2n) is 4.36. The lowest BCUT2D eigenvalue weighted by molar-refractivity contribution is -0.129. The summed E-state index contributed by atoms with van der Waals surface area (Å²) in [5, 5.41) is 3.37. The largest absolute Gasteiger partial charge is 0.337 e. The van der Waals surface area contributed by atoms with Gasteiger partial charge in [0.2, 0.25) is 5.91 Å². The van der Waals surface area contributed by atoms with E-state index < -0.39 is 0 Å². The molecule has 0 aromatic carbocycles. The fourth-order valence-corrected chi connectivity index (χ4v) is 2.38. The lowest BCUT2D eigenvalue weighted by Gasteiger charge is -2.26. The molecule has 2 rings (SSSR count). The Kier molecular flexibility index (Phi) is 3.03. The number of likely N-dealkylation sites (tertiary alicyclic amines) is 1. The summed E-state index contributed by atoms with van der Waals surface area (Å²) in [7, 11) is 0. The summed E-state index contributed by atoms with van der Waals surface area (Å²) in [5.41, 5.74) is 5.78. The number of hydrogen-bond donors (Lipinski definition) is 2. The molecular weight excluding hydrogens is 178 g/mol. The van der Waals surface area contributed by atoms with Crippen LogP contribution in [0.25, 0.3) is 0 Å². The molecule has 2 fully saturated rings. The molecule has 4 heteroatoms. The van der Waals surface area contributed by atoms with Crippen LogP contribution in [0, 0.1) is 0 Å². The molecule has 0 saturated carbocycles. The van der Waals surface area contributed by atoms with E-state index in [-0.39, 0.29) is 11.9 Å². The van der Waals surface area contributed by atoms with E-state index in [1.165, 1.54) is 12.8 Å². The Morgan fingerprint density at radius 3 is 3.00 bits per heavy atom. The molecule has 4 nitrogen and oxygen atoms in total. The fraction of sp³-hybridized carbons (Fsp3) is 0.900. The number of amides is 1. The zero-order valence-electron chi connectivity index (χ0n) is 8.54. The highest BCUT2D eigenvalue weighted by Gasteiger charge is 2.32. The van der Waals surface area contributed by atoms with E-state index in [2.05, 4.69) is 5.32 Å². The third kappa shape index (κ3) is 2.07. The van der Waals surface area contributed by atoms with Crippen molar-refractivity contribution in [3.63, 3.8) is 0 Å². The first-order chi connectivity index (χ1) is 6.77. The van der Waals surface area contributed by atoms with Gasteiger partial charge in [0.1, 0.15) is 0 Å². The summed E-state index contributed by atoms with van der Waals surface area (Å²) >= 11 is 0. The number of carbonyl (C=O) groups excluding carboxylic acids is 1. The number of hydrogen-bond acceptors (Lipinski definition) is 3.